The summed E-state index contributed by atoms with van der Waals surface area (Å²) in [6.07, 6.45) is 2.24. The third kappa shape index (κ3) is 3.07. The number of ketones is 1. The molecule has 1 aromatic rings. The van der Waals surface area contributed by atoms with Gasteiger partial charge in [0.25, 0.3) is 0 Å². The van der Waals surface area contributed by atoms with E-state index in [0.29, 0.717) is 12.2 Å². The molecule has 4 heteroatoms. The van der Waals surface area contributed by atoms with Crippen molar-refractivity contribution in [2.45, 2.75) is 38.9 Å². The summed E-state index contributed by atoms with van der Waals surface area (Å²) in [5.41, 5.74) is 0.352. The lowest BCUT2D eigenvalue weighted by molar-refractivity contribution is 0.0256. The van der Waals surface area contributed by atoms with Crippen LogP contribution in [-0.2, 0) is 4.74 Å². The highest BCUT2D eigenvalue weighted by Gasteiger charge is 2.22. The van der Waals surface area contributed by atoms with Crippen LogP contribution in [0.5, 0.6) is 5.75 Å². The third-order valence-corrected chi connectivity index (χ3v) is 3.08. The SMILES string of the molecule is CC(=O)c1ccc(OCC2CCC(C)O2)c(F)c1. The highest BCUT2D eigenvalue weighted by atomic mass is 19.1. The summed E-state index contributed by atoms with van der Waals surface area (Å²) in [7, 11) is 0. The maximum atomic E-state index is 13.6. The molecule has 2 rings (SSSR count). The lowest BCUT2D eigenvalue weighted by Crippen LogP contribution is -2.18. The minimum atomic E-state index is -0.506. The minimum Gasteiger partial charge on any atom is -0.488 e. The maximum absolute atomic E-state index is 13.6. The lowest BCUT2D eigenvalue weighted by Gasteiger charge is -2.13. The van der Waals surface area contributed by atoms with Crippen LogP contribution in [-0.4, -0.2) is 24.6 Å². The fourth-order valence-corrected chi connectivity index (χ4v) is 2.03. The zero-order valence-corrected chi connectivity index (χ0v) is 10.6. The molecule has 3 nitrogen and oxygen atoms in total. The Morgan fingerprint density at radius 3 is 2.83 bits per heavy atom. The van der Waals surface area contributed by atoms with E-state index in [1.54, 1.807) is 6.07 Å². The summed E-state index contributed by atoms with van der Waals surface area (Å²) < 4.78 is 24.6. The van der Waals surface area contributed by atoms with E-state index in [0.717, 1.165) is 12.8 Å². The molecule has 0 N–H and O–H groups in total. The Labute approximate surface area is 106 Å². The average Bonchev–Trinajstić information content (AvgIpc) is 2.73. The Kier molecular flexibility index (Phi) is 3.97. The maximum Gasteiger partial charge on any atom is 0.165 e. The second kappa shape index (κ2) is 5.48. The molecule has 0 aliphatic carbocycles. The Morgan fingerprint density at radius 2 is 2.28 bits per heavy atom. The van der Waals surface area contributed by atoms with Crippen LogP contribution >= 0.6 is 0 Å². The molecule has 1 saturated heterocycles. The van der Waals surface area contributed by atoms with Gasteiger partial charge in [-0.15, -0.1) is 0 Å². The molecule has 2 unspecified atom stereocenters. The molecule has 0 aromatic heterocycles. The Morgan fingerprint density at radius 1 is 1.50 bits per heavy atom. The van der Waals surface area contributed by atoms with Gasteiger partial charge in [0.05, 0.1) is 12.2 Å². The van der Waals surface area contributed by atoms with E-state index in [1.807, 2.05) is 6.92 Å². The second-order valence-corrected chi connectivity index (χ2v) is 4.66. The Hall–Kier alpha value is -1.42. The molecule has 1 fully saturated rings. The van der Waals surface area contributed by atoms with Gasteiger partial charge in [0.2, 0.25) is 0 Å². The molecule has 1 heterocycles. The second-order valence-electron chi connectivity index (χ2n) is 4.66. The van der Waals surface area contributed by atoms with E-state index in [2.05, 4.69) is 0 Å². The fraction of sp³-hybridized carbons (Fsp3) is 0.500. The van der Waals surface area contributed by atoms with Crippen LogP contribution in [0.2, 0.25) is 0 Å². The van der Waals surface area contributed by atoms with Gasteiger partial charge in [-0.25, -0.2) is 4.39 Å². The van der Waals surface area contributed by atoms with Crippen LogP contribution in [0, 0.1) is 5.82 Å². The Bertz CT molecular complexity index is 445. The number of Topliss-reactive ketones (excluding diaryl/α,β-unsaturated/α-hetero) is 1. The molecule has 1 aliphatic heterocycles. The highest BCUT2D eigenvalue weighted by Crippen LogP contribution is 2.22. The van der Waals surface area contributed by atoms with Gasteiger partial charge < -0.3 is 9.47 Å². The first-order valence-corrected chi connectivity index (χ1v) is 6.15. The molecule has 0 bridgehead atoms. The zero-order chi connectivity index (χ0) is 13.1. The number of halogens is 1. The highest BCUT2D eigenvalue weighted by molar-refractivity contribution is 5.94. The van der Waals surface area contributed by atoms with Gasteiger partial charge in [0.15, 0.2) is 17.3 Å². The van der Waals surface area contributed by atoms with E-state index < -0.39 is 5.82 Å². The third-order valence-electron chi connectivity index (χ3n) is 3.08. The van der Waals surface area contributed by atoms with Crippen molar-refractivity contribution in [3.8, 4) is 5.75 Å². The first-order chi connectivity index (χ1) is 8.56. The number of hydrogen-bond donors (Lipinski definition) is 0. The number of hydrogen-bond acceptors (Lipinski definition) is 3. The number of benzene rings is 1. The molecule has 0 amide bonds. The lowest BCUT2D eigenvalue weighted by atomic mass is 10.1. The minimum absolute atomic E-state index is 0.0342. The van der Waals surface area contributed by atoms with E-state index in [-0.39, 0.29) is 23.7 Å². The van der Waals surface area contributed by atoms with Crippen molar-refractivity contribution >= 4 is 5.78 Å². The molecular weight excluding hydrogens is 235 g/mol. The number of carbonyl (C=O) groups is 1. The summed E-state index contributed by atoms with van der Waals surface area (Å²) in [5.74, 6) is -0.495. The molecule has 0 saturated carbocycles. The molecular formula is C14H17FO3. The van der Waals surface area contributed by atoms with Crippen molar-refractivity contribution in [1.29, 1.82) is 0 Å². The van der Waals surface area contributed by atoms with Gasteiger partial charge in [-0.3, -0.25) is 4.79 Å². The molecule has 2 atom stereocenters. The molecule has 1 aliphatic rings. The number of rotatable bonds is 4. The molecule has 1 aromatic carbocycles. The van der Waals surface area contributed by atoms with Crippen molar-refractivity contribution in [3.05, 3.63) is 29.6 Å². The largest absolute Gasteiger partial charge is 0.488 e. The number of ether oxygens (including phenoxy) is 2. The van der Waals surface area contributed by atoms with Crippen molar-refractivity contribution in [1.82, 2.24) is 0 Å². The normalized spacial score (nSPS) is 23.1. The number of carbonyl (C=O) groups excluding carboxylic acids is 1. The van der Waals surface area contributed by atoms with Crippen LogP contribution in [0.3, 0.4) is 0 Å². The van der Waals surface area contributed by atoms with Crippen LogP contribution < -0.4 is 4.74 Å². The van der Waals surface area contributed by atoms with Gasteiger partial charge in [-0.2, -0.15) is 0 Å². The van der Waals surface area contributed by atoms with Crippen LogP contribution in [0.4, 0.5) is 4.39 Å². The van der Waals surface area contributed by atoms with E-state index in [9.17, 15) is 9.18 Å². The van der Waals surface area contributed by atoms with Gasteiger partial charge in [0.1, 0.15) is 6.61 Å². The average molecular weight is 252 g/mol. The van der Waals surface area contributed by atoms with Gasteiger partial charge >= 0.3 is 0 Å². The van der Waals surface area contributed by atoms with Gasteiger partial charge in [-0.05, 0) is 44.9 Å². The monoisotopic (exact) mass is 252 g/mol. The van der Waals surface area contributed by atoms with Crippen molar-refractivity contribution in [2.24, 2.45) is 0 Å². The quantitative estimate of drug-likeness (QED) is 0.773. The fourth-order valence-electron chi connectivity index (χ4n) is 2.03. The van der Waals surface area contributed by atoms with E-state index in [1.165, 1.54) is 19.1 Å². The van der Waals surface area contributed by atoms with Crippen molar-refractivity contribution in [3.63, 3.8) is 0 Å². The Balaban J connectivity index is 1.95. The summed E-state index contributed by atoms with van der Waals surface area (Å²) in [6.45, 7) is 3.77. The van der Waals surface area contributed by atoms with Crippen LogP contribution in [0.25, 0.3) is 0 Å². The summed E-state index contributed by atoms with van der Waals surface area (Å²) in [4.78, 5) is 11.1. The summed E-state index contributed by atoms with van der Waals surface area (Å²) >= 11 is 0. The molecule has 0 radical (unpaired) electrons. The predicted octanol–water partition coefficient (Wildman–Crippen LogP) is 2.97. The first-order valence-electron chi connectivity index (χ1n) is 6.15. The van der Waals surface area contributed by atoms with E-state index in [4.69, 9.17) is 9.47 Å². The van der Waals surface area contributed by atoms with Crippen LogP contribution in [0.1, 0.15) is 37.0 Å². The topological polar surface area (TPSA) is 35.5 Å². The van der Waals surface area contributed by atoms with Crippen molar-refractivity contribution in [2.75, 3.05) is 6.61 Å². The summed E-state index contributed by atoms with van der Waals surface area (Å²) in [5, 5.41) is 0. The van der Waals surface area contributed by atoms with Crippen LogP contribution in [0.15, 0.2) is 18.2 Å². The molecule has 18 heavy (non-hydrogen) atoms. The standard InChI is InChI=1S/C14H17FO3/c1-9-3-5-12(18-9)8-17-14-6-4-11(10(2)16)7-13(14)15/h4,6-7,9,12H,3,5,8H2,1-2H3. The van der Waals surface area contributed by atoms with Crippen molar-refractivity contribution < 1.29 is 18.7 Å². The smallest absolute Gasteiger partial charge is 0.165 e. The van der Waals surface area contributed by atoms with Gasteiger partial charge in [0, 0.05) is 5.56 Å². The van der Waals surface area contributed by atoms with E-state index >= 15 is 0 Å². The molecule has 0 spiro atoms. The predicted molar refractivity (Wildman–Crippen MR) is 65.5 cm³/mol. The zero-order valence-electron chi connectivity index (χ0n) is 10.6. The summed E-state index contributed by atoms with van der Waals surface area (Å²) in [6, 6.07) is 4.26. The molecule has 98 valence electrons. The first kappa shape index (κ1) is 13.0. The van der Waals surface area contributed by atoms with Gasteiger partial charge in [-0.1, -0.05) is 0 Å².